The molecule has 0 aliphatic carbocycles. The van der Waals surface area contributed by atoms with Crippen molar-refractivity contribution in [1.82, 2.24) is 15.2 Å². The van der Waals surface area contributed by atoms with E-state index in [1.165, 1.54) is 11.1 Å². The Bertz CT molecular complexity index is 584. The maximum atomic E-state index is 12.0. The molecule has 0 unspecified atom stereocenters. The fourth-order valence-corrected chi connectivity index (χ4v) is 2.11. The minimum absolute atomic E-state index is 0.0536. The summed E-state index contributed by atoms with van der Waals surface area (Å²) < 4.78 is 0. The molecule has 1 N–H and O–H groups in total. The third kappa shape index (κ3) is 4.60. The summed E-state index contributed by atoms with van der Waals surface area (Å²) in [6.45, 7) is 3.29. The summed E-state index contributed by atoms with van der Waals surface area (Å²) in [4.78, 5) is 17.8. The molecule has 4 nitrogen and oxygen atoms in total. The Morgan fingerprint density at radius 1 is 1.24 bits per heavy atom. The number of benzene rings is 1. The molecule has 0 saturated carbocycles. The van der Waals surface area contributed by atoms with Crippen molar-refractivity contribution >= 4 is 6.03 Å². The first kappa shape index (κ1) is 15.0. The van der Waals surface area contributed by atoms with E-state index in [4.69, 9.17) is 0 Å². The number of carbonyl (C=O) groups excluding carboxylic acids is 1. The fourth-order valence-electron chi connectivity index (χ4n) is 2.11. The Labute approximate surface area is 125 Å². The predicted octanol–water partition coefficient (Wildman–Crippen LogP) is 2.77. The predicted molar refractivity (Wildman–Crippen MR) is 84.0 cm³/mol. The monoisotopic (exact) mass is 283 g/mol. The number of amides is 2. The molecule has 0 atom stereocenters. The molecule has 110 valence electrons. The highest BCUT2D eigenvalue weighted by atomic mass is 16.2. The Morgan fingerprint density at radius 3 is 2.76 bits per heavy atom. The van der Waals surface area contributed by atoms with Crippen LogP contribution in [0, 0.1) is 6.92 Å². The van der Waals surface area contributed by atoms with Gasteiger partial charge in [-0.1, -0.05) is 30.3 Å². The summed E-state index contributed by atoms with van der Waals surface area (Å²) in [5.74, 6) is 0. The molecule has 0 aliphatic rings. The number of aromatic nitrogens is 1. The van der Waals surface area contributed by atoms with Crippen molar-refractivity contribution in [2.24, 2.45) is 0 Å². The number of pyridine rings is 1. The average molecular weight is 283 g/mol. The first-order chi connectivity index (χ1) is 10.2. The van der Waals surface area contributed by atoms with Crippen molar-refractivity contribution in [1.29, 1.82) is 0 Å². The van der Waals surface area contributed by atoms with Gasteiger partial charge in [-0.05, 0) is 36.1 Å². The minimum Gasteiger partial charge on any atom is -0.338 e. The van der Waals surface area contributed by atoms with Gasteiger partial charge < -0.3 is 10.2 Å². The molecule has 1 aromatic heterocycles. The van der Waals surface area contributed by atoms with Gasteiger partial charge in [-0.15, -0.1) is 0 Å². The van der Waals surface area contributed by atoms with Crippen molar-refractivity contribution < 1.29 is 4.79 Å². The maximum absolute atomic E-state index is 12.0. The van der Waals surface area contributed by atoms with Crippen LogP contribution < -0.4 is 5.32 Å². The lowest BCUT2D eigenvalue weighted by molar-refractivity contribution is 0.207. The van der Waals surface area contributed by atoms with Gasteiger partial charge in [-0.3, -0.25) is 4.98 Å². The average Bonchev–Trinajstić information content (AvgIpc) is 2.50. The van der Waals surface area contributed by atoms with Gasteiger partial charge in [0.1, 0.15) is 0 Å². The van der Waals surface area contributed by atoms with Crippen LogP contribution in [0.4, 0.5) is 4.79 Å². The van der Waals surface area contributed by atoms with Crippen LogP contribution in [0.15, 0.2) is 48.8 Å². The molecule has 0 spiro atoms. The maximum Gasteiger partial charge on any atom is 0.317 e. The van der Waals surface area contributed by atoms with Crippen molar-refractivity contribution in [2.45, 2.75) is 19.9 Å². The Hall–Kier alpha value is -2.36. The fraction of sp³-hybridized carbons (Fsp3) is 0.294. The van der Waals surface area contributed by atoms with E-state index in [1.54, 1.807) is 11.1 Å². The first-order valence-electron chi connectivity index (χ1n) is 7.09. The van der Waals surface area contributed by atoms with Gasteiger partial charge >= 0.3 is 6.03 Å². The number of carbonyl (C=O) groups is 1. The van der Waals surface area contributed by atoms with Gasteiger partial charge in [-0.25, -0.2) is 4.79 Å². The van der Waals surface area contributed by atoms with Crippen molar-refractivity contribution in [3.05, 3.63) is 65.5 Å². The Balaban J connectivity index is 1.79. The van der Waals surface area contributed by atoms with E-state index in [0.29, 0.717) is 13.1 Å². The lowest BCUT2D eigenvalue weighted by atomic mass is 10.1. The van der Waals surface area contributed by atoms with Gasteiger partial charge in [0.15, 0.2) is 0 Å². The SMILES string of the molecule is Cc1ccccc1CN(C)C(=O)NCCc1cccnc1. The summed E-state index contributed by atoms with van der Waals surface area (Å²) in [5, 5.41) is 2.93. The van der Waals surface area contributed by atoms with Crippen molar-refractivity contribution in [2.75, 3.05) is 13.6 Å². The molecule has 0 saturated heterocycles. The van der Waals surface area contributed by atoms with Crippen molar-refractivity contribution in [3.8, 4) is 0 Å². The zero-order chi connectivity index (χ0) is 15.1. The zero-order valence-electron chi connectivity index (χ0n) is 12.5. The molecule has 2 rings (SSSR count). The van der Waals surface area contributed by atoms with Crippen LogP contribution in [0.1, 0.15) is 16.7 Å². The molecule has 0 fully saturated rings. The molecular weight excluding hydrogens is 262 g/mol. The van der Waals surface area contributed by atoms with Crippen LogP contribution in [-0.4, -0.2) is 29.5 Å². The molecule has 0 aliphatic heterocycles. The second-order valence-electron chi connectivity index (χ2n) is 5.13. The summed E-state index contributed by atoms with van der Waals surface area (Å²) in [6, 6.07) is 12.0. The minimum atomic E-state index is -0.0536. The molecule has 21 heavy (non-hydrogen) atoms. The first-order valence-corrected chi connectivity index (χ1v) is 7.09. The lowest BCUT2D eigenvalue weighted by Crippen LogP contribution is -2.37. The second-order valence-corrected chi connectivity index (χ2v) is 5.13. The van der Waals surface area contributed by atoms with Crippen LogP contribution in [-0.2, 0) is 13.0 Å². The van der Waals surface area contributed by atoms with E-state index < -0.39 is 0 Å². The largest absolute Gasteiger partial charge is 0.338 e. The number of rotatable bonds is 5. The van der Waals surface area contributed by atoms with Crippen LogP contribution in [0.2, 0.25) is 0 Å². The highest BCUT2D eigenvalue weighted by molar-refractivity contribution is 5.73. The van der Waals surface area contributed by atoms with Crippen LogP contribution in [0.25, 0.3) is 0 Å². The van der Waals surface area contributed by atoms with E-state index >= 15 is 0 Å². The quantitative estimate of drug-likeness (QED) is 0.917. The van der Waals surface area contributed by atoms with Crippen LogP contribution in [0.5, 0.6) is 0 Å². The van der Waals surface area contributed by atoms with Gasteiger partial charge in [0.25, 0.3) is 0 Å². The standard InChI is InChI=1S/C17H21N3O/c1-14-6-3-4-8-16(14)13-20(2)17(21)19-11-9-15-7-5-10-18-12-15/h3-8,10,12H,9,11,13H2,1-2H3,(H,19,21). The van der Waals surface area contributed by atoms with Gasteiger partial charge in [0.05, 0.1) is 0 Å². The summed E-state index contributed by atoms with van der Waals surface area (Å²) in [7, 11) is 1.81. The molecule has 1 aromatic carbocycles. The second kappa shape index (κ2) is 7.43. The molecule has 4 heteroatoms. The molecule has 1 heterocycles. The normalized spacial score (nSPS) is 10.2. The van der Waals surface area contributed by atoms with Gasteiger partial charge in [0.2, 0.25) is 0 Å². The van der Waals surface area contributed by atoms with Crippen LogP contribution >= 0.6 is 0 Å². The molecule has 2 amide bonds. The Morgan fingerprint density at radius 2 is 2.05 bits per heavy atom. The molecule has 2 aromatic rings. The topological polar surface area (TPSA) is 45.2 Å². The number of nitrogens with one attached hydrogen (secondary N) is 1. The number of aryl methyl sites for hydroxylation is 1. The van der Waals surface area contributed by atoms with E-state index in [1.807, 2.05) is 37.5 Å². The number of hydrogen-bond donors (Lipinski definition) is 1. The number of nitrogens with zero attached hydrogens (tertiary/aromatic N) is 2. The number of hydrogen-bond acceptors (Lipinski definition) is 2. The van der Waals surface area contributed by atoms with Crippen LogP contribution in [0.3, 0.4) is 0 Å². The summed E-state index contributed by atoms with van der Waals surface area (Å²) in [5.41, 5.74) is 3.49. The van der Waals surface area contributed by atoms with Crippen molar-refractivity contribution in [3.63, 3.8) is 0 Å². The summed E-state index contributed by atoms with van der Waals surface area (Å²) in [6.07, 6.45) is 4.36. The van der Waals surface area contributed by atoms with E-state index in [9.17, 15) is 4.79 Å². The molecule has 0 radical (unpaired) electrons. The zero-order valence-corrected chi connectivity index (χ0v) is 12.5. The van der Waals surface area contributed by atoms with Gasteiger partial charge in [0, 0.05) is 32.5 Å². The third-order valence-electron chi connectivity index (χ3n) is 3.43. The van der Waals surface area contributed by atoms with Gasteiger partial charge in [-0.2, -0.15) is 0 Å². The van der Waals surface area contributed by atoms with E-state index in [0.717, 1.165) is 12.0 Å². The smallest absolute Gasteiger partial charge is 0.317 e. The molecular formula is C17H21N3O. The molecule has 0 bridgehead atoms. The van der Waals surface area contributed by atoms with E-state index in [-0.39, 0.29) is 6.03 Å². The highest BCUT2D eigenvalue weighted by Gasteiger charge is 2.09. The lowest BCUT2D eigenvalue weighted by Gasteiger charge is -2.19. The third-order valence-corrected chi connectivity index (χ3v) is 3.43. The summed E-state index contributed by atoms with van der Waals surface area (Å²) >= 11 is 0. The Kier molecular flexibility index (Phi) is 5.32. The highest BCUT2D eigenvalue weighted by Crippen LogP contribution is 2.09. The number of urea groups is 1. The van der Waals surface area contributed by atoms with E-state index in [2.05, 4.69) is 29.4 Å².